The Morgan fingerprint density at radius 2 is 1.62 bits per heavy atom. The van der Waals surface area contributed by atoms with E-state index < -0.39 is 0 Å². The Hall–Kier alpha value is -0.610. The van der Waals surface area contributed by atoms with Crippen LogP contribution in [0, 0.1) is 17.8 Å². The molecule has 4 nitrogen and oxygen atoms in total. The third kappa shape index (κ3) is 2.40. The first-order valence-electron chi connectivity index (χ1n) is 8.15. The van der Waals surface area contributed by atoms with Gasteiger partial charge in [-0.2, -0.15) is 4.98 Å². The predicted octanol–water partition coefficient (Wildman–Crippen LogP) is 3.41. The van der Waals surface area contributed by atoms with Gasteiger partial charge in [0.25, 0.3) is 0 Å². The smallest absolute Gasteiger partial charge is 0.231 e. The summed E-state index contributed by atoms with van der Waals surface area (Å²) in [7, 11) is 0. The SMILES string of the molecule is CC(N)C(C)c1nc(C23CC4CC(CC(C4)C2)C3)no1.Cl. The van der Waals surface area contributed by atoms with Crippen LogP contribution >= 0.6 is 12.4 Å². The van der Waals surface area contributed by atoms with Crippen molar-refractivity contribution in [3.8, 4) is 0 Å². The van der Waals surface area contributed by atoms with Crippen molar-refractivity contribution in [3.05, 3.63) is 11.7 Å². The Balaban J connectivity index is 0.00000132. The van der Waals surface area contributed by atoms with Gasteiger partial charge in [-0.1, -0.05) is 12.1 Å². The van der Waals surface area contributed by atoms with E-state index in [-0.39, 0.29) is 29.8 Å². The maximum atomic E-state index is 5.96. The molecule has 2 N–H and O–H groups in total. The molecule has 4 fully saturated rings. The summed E-state index contributed by atoms with van der Waals surface area (Å²) < 4.78 is 5.54. The number of nitrogens with two attached hydrogens (primary N) is 1. The third-order valence-corrected chi connectivity index (χ3v) is 6.13. The first kappa shape index (κ1) is 15.3. The molecule has 0 saturated heterocycles. The molecule has 1 heterocycles. The van der Waals surface area contributed by atoms with Crippen molar-refractivity contribution >= 4 is 12.4 Å². The second-order valence-electron chi connectivity index (χ2n) is 7.80. The Labute approximate surface area is 132 Å². The van der Waals surface area contributed by atoms with Crippen molar-refractivity contribution in [2.24, 2.45) is 23.5 Å². The van der Waals surface area contributed by atoms with E-state index in [4.69, 9.17) is 15.2 Å². The summed E-state index contributed by atoms with van der Waals surface area (Å²) in [5, 5.41) is 4.37. The largest absolute Gasteiger partial charge is 0.339 e. The summed E-state index contributed by atoms with van der Waals surface area (Å²) in [6.45, 7) is 4.07. The highest BCUT2D eigenvalue weighted by Crippen LogP contribution is 2.60. The molecular weight excluding hydrogens is 286 g/mol. The Morgan fingerprint density at radius 3 is 2.10 bits per heavy atom. The van der Waals surface area contributed by atoms with Gasteiger partial charge >= 0.3 is 0 Å². The molecule has 4 aliphatic carbocycles. The molecule has 118 valence electrons. The lowest BCUT2D eigenvalue weighted by molar-refractivity contribution is -0.0103. The molecule has 0 amide bonds. The minimum absolute atomic E-state index is 0. The summed E-state index contributed by atoms with van der Waals surface area (Å²) in [6.07, 6.45) is 8.18. The molecule has 0 aromatic carbocycles. The van der Waals surface area contributed by atoms with E-state index in [1.54, 1.807) is 0 Å². The number of aromatic nitrogens is 2. The quantitative estimate of drug-likeness (QED) is 0.929. The minimum Gasteiger partial charge on any atom is -0.339 e. The molecule has 2 unspecified atom stereocenters. The lowest BCUT2D eigenvalue weighted by Gasteiger charge is -2.55. The molecule has 5 rings (SSSR count). The van der Waals surface area contributed by atoms with Crippen LogP contribution in [0.4, 0.5) is 0 Å². The first-order valence-corrected chi connectivity index (χ1v) is 8.15. The molecular formula is C16H26ClN3O. The number of rotatable bonds is 3. The van der Waals surface area contributed by atoms with Gasteiger partial charge in [-0.15, -0.1) is 12.4 Å². The average Bonchev–Trinajstić information content (AvgIpc) is 2.86. The van der Waals surface area contributed by atoms with E-state index in [1.165, 1.54) is 38.5 Å². The van der Waals surface area contributed by atoms with Crippen LogP contribution in [0.5, 0.6) is 0 Å². The average molecular weight is 312 g/mol. The molecule has 0 aliphatic heterocycles. The monoisotopic (exact) mass is 311 g/mol. The highest BCUT2D eigenvalue weighted by molar-refractivity contribution is 5.85. The van der Waals surface area contributed by atoms with Gasteiger partial charge in [-0.05, 0) is 63.2 Å². The van der Waals surface area contributed by atoms with Gasteiger partial charge < -0.3 is 10.3 Å². The van der Waals surface area contributed by atoms with Crippen molar-refractivity contribution in [2.45, 2.75) is 69.7 Å². The van der Waals surface area contributed by atoms with Gasteiger partial charge in [0.05, 0.1) is 5.92 Å². The van der Waals surface area contributed by atoms with Gasteiger partial charge in [0, 0.05) is 11.5 Å². The standard InChI is InChI=1S/C16H25N3O.ClH/c1-9(10(2)17)14-18-15(19-20-14)16-6-11-3-12(7-16)5-13(4-11)8-16;/h9-13H,3-8,17H2,1-2H3;1H. The topological polar surface area (TPSA) is 64.9 Å². The minimum atomic E-state index is 0. The third-order valence-electron chi connectivity index (χ3n) is 6.13. The van der Waals surface area contributed by atoms with Crippen LogP contribution in [-0.4, -0.2) is 16.2 Å². The first-order chi connectivity index (χ1) is 9.56. The summed E-state index contributed by atoms with van der Waals surface area (Å²) in [6, 6.07) is 0.0552. The fourth-order valence-corrected chi connectivity index (χ4v) is 5.24. The predicted molar refractivity (Wildman–Crippen MR) is 83.5 cm³/mol. The normalized spacial score (nSPS) is 39.9. The summed E-state index contributed by atoms with van der Waals surface area (Å²) in [5.41, 5.74) is 6.19. The maximum Gasteiger partial charge on any atom is 0.231 e. The van der Waals surface area contributed by atoms with E-state index in [0.717, 1.165) is 29.5 Å². The number of hydrogen-bond donors (Lipinski definition) is 1. The highest BCUT2D eigenvalue weighted by Gasteiger charge is 2.53. The van der Waals surface area contributed by atoms with Gasteiger partial charge in [0.15, 0.2) is 5.82 Å². The van der Waals surface area contributed by atoms with E-state index in [0.29, 0.717) is 0 Å². The molecule has 2 atom stereocenters. The van der Waals surface area contributed by atoms with Crippen molar-refractivity contribution in [2.75, 3.05) is 0 Å². The molecule has 0 spiro atoms. The number of hydrogen-bond acceptors (Lipinski definition) is 4. The molecule has 4 saturated carbocycles. The van der Waals surface area contributed by atoms with Crippen LogP contribution in [-0.2, 0) is 5.41 Å². The van der Waals surface area contributed by atoms with Crippen molar-refractivity contribution in [3.63, 3.8) is 0 Å². The van der Waals surface area contributed by atoms with Crippen LogP contribution in [0.2, 0.25) is 0 Å². The van der Waals surface area contributed by atoms with Gasteiger partial charge in [-0.25, -0.2) is 0 Å². The fourth-order valence-electron chi connectivity index (χ4n) is 5.24. The Kier molecular flexibility index (Phi) is 3.81. The van der Waals surface area contributed by atoms with Crippen molar-refractivity contribution < 1.29 is 4.52 Å². The fraction of sp³-hybridized carbons (Fsp3) is 0.875. The summed E-state index contributed by atoms with van der Waals surface area (Å²) >= 11 is 0. The second-order valence-corrected chi connectivity index (χ2v) is 7.80. The lowest BCUT2D eigenvalue weighted by atomic mass is 9.49. The summed E-state index contributed by atoms with van der Waals surface area (Å²) in [4.78, 5) is 4.76. The molecule has 1 aromatic rings. The van der Waals surface area contributed by atoms with Crippen LogP contribution in [0.25, 0.3) is 0 Å². The molecule has 1 aromatic heterocycles. The summed E-state index contributed by atoms with van der Waals surface area (Å²) in [5.74, 6) is 4.59. The maximum absolute atomic E-state index is 5.96. The van der Waals surface area contributed by atoms with E-state index in [1.807, 2.05) is 6.92 Å². The molecule has 21 heavy (non-hydrogen) atoms. The van der Waals surface area contributed by atoms with Crippen molar-refractivity contribution in [1.82, 2.24) is 10.1 Å². The van der Waals surface area contributed by atoms with E-state index in [9.17, 15) is 0 Å². The zero-order valence-electron chi connectivity index (χ0n) is 12.9. The van der Waals surface area contributed by atoms with Crippen LogP contribution in [0.3, 0.4) is 0 Å². The van der Waals surface area contributed by atoms with E-state index in [2.05, 4.69) is 12.1 Å². The van der Waals surface area contributed by atoms with Crippen LogP contribution in [0.1, 0.15) is 70.0 Å². The second kappa shape index (κ2) is 5.24. The number of nitrogens with zero attached hydrogens (tertiary/aromatic N) is 2. The van der Waals surface area contributed by atoms with Crippen LogP contribution in [0.15, 0.2) is 4.52 Å². The van der Waals surface area contributed by atoms with Gasteiger partial charge in [-0.3, -0.25) is 0 Å². The Bertz CT molecular complexity index is 478. The molecule has 5 heteroatoms. The zero-order valence-corrected chi connectivity index (χ0v) is 13.7. The molecule has 0 radical (unpaired) electrons. The van der Waals surface area contributed by atoms with Crippen LogP contribution < -0.4 is 5.73 Å². The highest BCUT2D eigenvalue weighted by atomic mass is 35.5. The molecule has 4 bridgehead atoms. The van der Waals surface area contributed by atoms with Crippen molar-refractivity contribution in [1.29, 1.82) is 0 Å². The number of halogens is 1. The van der Waals surface area contributed by atoms with Gasteiger partial charge in [0.1, 0.15) is 0 Å². The Morgan fingerprint density at radius 1 is 1.10 bits per heavy atom. The zero-order chi connectivity index (χ0) is 13.9. The lowest BCUT2D eigenvalue weighted by Crippen LogP contribution is -2.49. The van der Waals surface area contributed by atoms with E-state index >= 15 is 0 Å². The van der Waals surface area contributed by atoms with Gasteiger partial charge in [0.2, 0.25) is 5.89 Å². The molecule has 4 aliphatic rings.